The molecule has 0 atom stereocenters. The second-order valence-corrected chi connectivity index (χ2v) is 8.84. The minimum Gasteiger partial charge on any atom is -0.351 e. The number of hydrogen-bond acceptors (Lipinski definition) is 5. The first-order valence-corrected chi connectivity index (χ1v) is 11.4. The number of carbonyl (C=O) groups excluding carboxylic acids is 1. The lowest BCUT2D eigenvalue weighted by Gasteiger charge is -2.31. The van der Waals surface area contributed by atoms with Crippen LogP contribution in [-0.4, -0.2) is 22.6 Å². The SMILES string of the molecule is Cc1noc(CSc2ccc(C(=O)NCC(C)(c3ccccc3)c3ccccc3)cc2)n1. The van der Waals surface area contributed by atoms with Gasteiger partial charge in [0.15, 0.2) is 5.82 Å². The van der Waals surface area contributed by atoms with Crippen LogP contribution in [-0.2, 0) is 11.2 Å². The Balaban J connectivity index is 1.43. The Morgan fingerprint density at radius 1 is 0.938 bits per heavy atom. The first-order chi connectivity index (χ1) is 15.5. The van der Waals surface area contributed by atoms with E-state index >= 15 is 0 Å². The molecule has 4 aromatic rings. The lowest BCUT2D eigenvalue weighted by atomic mass is 9.76. The van der Waals surface area contributed by atoms with Gasteiger partial charge in [0, 0.05) is 22.4 Å². The number of amides is 1. The van der Waals surface area contributed by atoms with Crippen molar-refractivity contribution in [2.75, 3.05) is 6.54 Å². The molecular weight excluding hydrogens is 418 g/mol. The third-order valence-electron chi connectivity index (χ3n) is 5.47. The standard InChI is InChI=1S/C26H25N3O2S/c1-19-28-24(31-29-19)17-32-23-15-13-20(14-16-23)25(30)27-18-26(2,21-9-5-3-6-10-21)22-11-7-4-8-12-22/h3-16H,17-18H2,1-2H3,(H,27,30). The summed E-state index contributed by atoms with van der Waals surface area (Å²) >= 11 is 1.59. The molecule has 1 heterocycles. The maximum Gasteiger partial charge on any atom is 0.251 e. The van der Waals surface area contributed by atoms with Crippen molar-refractivity contribution in [1.82, 2.24) is 15.5 Å². The van der Waals surface area contributed by atoms with Crippen molar-refractivity contribution in [3.8, 4) is 0 Å². The molecule has 0 unspecified atom stereocenters. The van der Waals surface area contributed by atoms with E-state index in [-0.39, 0.29) is 11.3 Å². The molecule has 3 aromatic carbocycles. The second-order valence-electron chi connectivity index (χ2n) is 7.80. The lowest BCUT2D eigenvalue weighted by molar-refractivity contribution is 0.0947. The summed E-state index contributed by atoms with van der Waals surface area (Å²) < 4.78 is 5.14. The van der Waals surface area contributed by atoms with E-state index < -0.39 is 0 Å². The number of aryl methyl sites for hydroxylation is 1. The van der Waals surface area contributed by atoms with Crippen LogP contribution in [0.1, 0.15) is 40.1 Å². The summed E-state index contributed by atoms with van der Waals surface area (Å²) in [4.78, 5) is 18.1. The average Bonchev–Trinajstić information content (AvgIpc) is 3.27. The van der Waals surface area contributed by atoms with E-state index in [1.807, 2.05) is 60.7 Å². The van der Waals surface area contributed by atoms with E-state index in [4.69, 9.17) is 4.52 Å². The van der Waals surface area contributed by atoms with Crippen LogP contribution in [0.5, 0.6) is 0 Å². The Hall–Kier alpha value is -3.38. The number of benzene rings is 3. The zero-order valence-corrected chi connectivity index (χ0v) is 18.9. The van der Waals surface area contributed by atoms with Crippen molar-refractivity contribution >= 4 is 17.7 Å². The van der Waals surface area contributed by atoms with Crippen molar-refractivity contribution in [2.24, 2.45) is 0 Å². The third kappa shape index (κ3) is 5.08. The summed E-state index contributed by atoms with van der Waals surface area (Å²) in [6, 6.07) is 28.1. The minimum atomic E-state index is -0.337. The van der Waals surface area contributed by atoms with E-state index in [0.717, 1.165) is 16.0 Å². The van der Waals surface area contributed by atoms with Gasteiger partial charge in [0.1, 0.15) is 0 Å². The quantitative estimate of drug-likeness (QED) is 0.369. The summed E-state index contributed by atoms with van der Waals surface area (Å²) in [6.45, 7) is 4.45. The van der Waals surface area contributed by atoms with Crippen LogP contribution in [0, 0.1) is 6.92 Å². The van der Waals surface area contributed by atoms with Crippen LogP contribution < -0.4 is 5.32 Å². The summed E-state index contributed by atoms with van der Waals surface area (Å²) in [5, 5.41) is 6.94. The summed E-state index contributed by atoms with van der Waals surface area (Å²) in [5.74, 6) is 1.73. The highest BCUT2D eigenvalue weighted by Gasteiger charge is 2.29. The number of hydrogen-bond donors (Lipinski definition) is 1. The molecule has 1 amide bonds. The Kier molecular flexibility index (Phi) is 6.71. The lowest BCUT2D eigenvalue weighted by Crippen LogP contribution is -2.39. The first-order valence-electron chi connectivity index (χ1n) is 10.5. The van der Waals surface area contributed by atoms with Gasteiger partial charge in [-0.15, -0.1) is 11.8 Å². The molecule has 0 spiro atoms. The highest BCUT2D eigenvalue weighted by Crippen LogP contribution is 2.31. The number of rotatable bonds is 8. The molecule has 0 aliphatic carbocycles. The van der Waals surface area contributed by atoms with Gasteiger partial charge in [-0.1, -0.05) is 65.8 Å². The molecule has 1 N–H and O–H groups in total. The number of carbonyl (C=O) groups is 1. The predicted octanol–water partition coefficient (Wildman–Crippen LogP) is 5.41. The summed E-state index contributed by atoms with van der Waals surface area (Å²) in [5.41, 5.74) is 2.62. The topological polar surface area (TPSA) is 68.0 Å². The number of nitrogens with zero attached hydrogens (tertiary/aromatic N) is 2. The normalized spacial score (nSPS) is 11.3. The smallest absolute Gasteiger partial charge is 0.251 e. The molecule has 4 rings (SSSR count). The maximum absolute atomic E-state index is 12.9. The van der Waals surface area contributed by atoms with E-state index in [9.17, 15) is 4.79 Å². The van der Waals surface area contributed by atoms with Gasteiger partial charge in [-0.2, -0.15) is 4.98 Å². The van der Waals surface area contributed by atoms with Crippen LogP contribution in [0.15, 0.2) is 94.3 Å². The van der Waals surface area contributed by atoms with Crippen LogP contribution in [0.3, 0.4) is 0 Å². The van der Waals surface area contributed by atoms with Gasteiger partial charge >= 0.3 is 0 Å². The van der Waals surface area contributed by atoms with Crippen molar-refractivity contribution in [3.05, 3.63) is 113 Å². The van der Waals surface area contributed by atoms with Gasteiger partial charge in [0.25, 0.3) is 5.91 Å². The van der Waals surface area contributed by atoms with Gasteiger partial charge in [0.2, 0.25) is 5.89 Å². The van der Waals surface area contributed by atoms with Gasteiger partial charge in [0.05, 0.1) is 5.75 Å². The average molecular weight is 444 g/mol. The first kappa shape index (κ1) is 21.8. The van der Waals surface area contributed by atoms with Crippen molar-refractivity contribution < 1.29 is 9.32 Å². The summed E-state index contributed by atoms with van der Waals surface area (Å²) in [7, 11) is 0. The fourth-order valence-electron chi connectivity index (χ4n) is 3.59. The van der Waals surface area contributed by atoms with Crippen LogP contribution >= 0.6 is 11.8 Å². The van der Waals surface area contributed by atoms with Crippen LogP contribution in [0.4, 0.5) is 0 Å². The van der Waals surface area contributed by atoms with Gasteiger partial charge < -0.3 is 9.84 Å². The molecule has 0 bridgehead atoms. The van der Waals surface area contributed by atoms with Gasteiger partial charge in [-0.3, -0.25) is 4.79 Å². The second kappa shape index (κ2) is 9.83. The maximum atomic E-state index is 12.9. The Labute approximate surface area is 192 Å². The highest BCUT2D eigenvalue weighted by atomic mass is 32.2. The molecule has 5 nitrogen and oxygen atoms in total. The van der Waals surface area contributed by atoms with Crippen LogP contribution in [0.25, 0.3) is 0 Å². The molecule has 1 aromatic heterocycles. The molecule has 6 heteroatoms. The molecule has 0 aliphatic rings. The van der Waals surface area contributed by atoms with Gasteiger partial charge in [-0.05, 0) is 49.2 Å². The third-order valence-corrected chi connectivity index (χ3v) is 6.47. The molecular formula is C26H25N3O2S. The fourth-order valence-corrected chi connectivity index (χ4v) is 4.32. The van der Waals surface area contributed by atoms with Crippen molar-refractivity contribution in [1.29, 1.82) is 0 Å². The monoisotopic (exact) mass is 443 g/mol. The molecule has 0 aliphatic heterocycles. The molecule has 0 saturated carbocycles. The number of thioether (sulfide) groups is 1. The van der Waals surface area contributed by atoms with E-state index in [0.29, 0.717) is 29.6 Å². The fraction of sp³-hybridized carbons (Fsp3) is 0.192. The zero-order valence-electron chi connectivity index (χ0n) is 18.1. The van der Waals surface area contributed by atoms with Gasteiger partial charge in [-0.25, -0.2) is 0 Å². The van der Waals surface area contributed by atoms with E-state index in [1.54, 1.807) is 18.7 Å². The van der Waals surface area contributed by atoms with E-state index in [1.165, 1.54) is 0 Å². The molecule has 32 heavy (non-hydrogen) atoms. The number of aromatic nitrogens is 2. The zero-order chi connectivity index (χ0) is 22.4. The van der Waals surface area contributed by atoms with E-state index in [2.05, 4.69) is 46.6 Å². The Morgan fingerprint density at radius 2 is 1.53 bits per heavy atom. The minimum absolute atomic E-state index is 0.0906. The Morgan fingerprint density at radius 3 is 2.06 bits per heavy atom. The van der Waals surface area contributed by atoms with Crippen molar-refractivity contribution in [2.45, 2.75) is 29.9 Å². The molecule has 0 saturated heterocycles. The highest BCUT2D eigenvalue weighted by molar-refractivity contribution is 7.98. The predicted molar refractivity (Wildman–Crippen MR) is 127 cm³/mol. The molecule has 162 valence electrons. The Bertz CT molecular complexity index is 1120. The van der Waals surface area contributed by atoms with Crippen molar-refractivity contribution in [3.63, 3.8) is 0 Å². The summed E-state index contributed by atoms with van der Waals surface area (Å²) in [6.07, 6.45) is 0. The van der Waals surface area contributed by atoms with Crippen LogP contribution in [0.2, 0.25) is 0 Å². The molecule has 0 fully saturated rings. The molecule has 0 radical (unpaired) electrons. The number of nitrogens with one attached hydrogen (secondary N) is 1. The largest absolute Gasteiger partial charge is 0.351 e.